The summed E-state index contributed by atoms with van der Waals surface area (Å²) in [7, 11) is 0. The Kier molecular flexibility index (Phi) is 2.01. The van der Waals surface area contributed by atoms with Gasteiger partial charge in [0.2, 0.25) is 0 Å². The smallest absolute Gasteiger partial charge is 0.178 e. The summed E-state index contributed by atoms with van der Waals surface area (Å²) >= 11 is 0. The molecule has 3 N–H and O–H groups in total. The van der Waals surface area contributed by atoms with E-state index in [0.29, 0.717) is 12.0 Å². The van der Waals surface area contributed by atoms with Crippen LogP contribution in [0.5, 0.6) is 0 Å². The minimum Gasteiger partial charge on any atom is -0.512 e. The monoisotopic (exact) mass is 226 g/mol. The molecule has 0 unspecified atom stereocenters. The van der Waals surface area contributed by atoms with Crippen molar-refractivity contribution in [1.29, 1.82) is 0 Å². The first-order chi connectivity index (χ1) is 8.31. The predicted octanol–water partition coefficient (Wildman–Crippen LogP) is 3.13. The number of hydrogen-bond acceptors (Lipinski definition) is 3. The quantitative estimate of drug-likeness (QED) is 0.558. The first kappa shape index (κ1) is 9.72. The van der Waals surface area contributed by atoms with E-state index in [1.807, 2.05) is 30.3 Å². The minimum absolute atomic E-state index is 0.248. The molecule has 0 fully saturated rings. The lowest BCUT2D eigenvalue weighted by Crippen LogP contribution is -1.89. The second-order valence-electron chi connectivity index (χ2n) is 3.77. The summed E-state index contributed by atoms with van der Waals surface area (Å²) in [6.45, 7) is 0. The van der Waals surface area contributed by atoms with Crippen LogP contribution in [0.25, 0.3) is 27.6 Å². The molecule has 0 atom stereocenters. The third-order valence-electron chi connectivity index (χ3n) is 2.79. The molecule has 0 amide bonds. The fourth-order valence-corrected chi connectivity index (χ4v) is 2.03. The Labute approximate surface area is 96.9 Å². The van der Waals surface area contributed by atoms with Crippen LogP contribution in [0.2, 0.25) is 0 Å². The number of fused-ring (bicyclic) bond motifs is 3. The van der Waals surface area contributed by atoms with E-state index in [1.165, 1.54) is 0 Å². The van der Waals surface area contributed by atoms with Gasteiger partial charge in [-0.2, -0.15) is 0 Å². The van der Waals surface area contributed by atoms with Crippen LogP contribution in [0.1, 0.15) is 5.69 Å². The van der Waals surface area contributed by atoms with Gasteiger partial charge in [-0.3, -0.25) is 4.98 Å². The number of aliphatic hydroxyl groups excluding tert-OH is 2. The molecule has 0 bridgehead atoms. The van der Waals surface area contributed by atoms with Crippen LogP contribution in [-0.4, -0.2) is 20.2 Å². The molecule has 0 saturated heterocycles. The number of nitrogens with one attached hydrogen (secondary N) is 1. The van der Waals surface area contributed by atoms with E-state index in [1.54, 1.807) is 6.20 Å². The molecule has 2 aromatic heterocycles. The van der Waals surface area contributed by atoms with E-state index in [2.05, 4.69) is 9.97 Å². The third kappa shape index (κ3) is 1.34. The van der Waals surface area contributed by atoms with Crippen molar-refractivity contribution < 1.29 is 10.2 Å². The Morgan fingerprint density at radius 2 is 2.00 bits per heavy atom. The van der Waals surface area contributed by atoms with Gasteiger partial charge in [-0.1, -0.05) is 18.2 Å². The Morgan fingerprint density at radius 1 is 1.18 bits per heavy atom. The summed E-state index contributed by atoms with van der Waals surface area (Å²) in [6, 6.07) is 9.73. The molecule has 0 aliphatic carbocycles. The van der Waals surface area contributed by atoms with Crippen molar-refractivity contribution in [3.8, 4) is 0 Å². The van der Waals surface area contributed by atoms with Gasteiger partial charge in [-0.15, -0.1) is 0 Å². The number of aliphatic hydroxyl groups is 2. The lowest BCUT2D eigenvalue weighted by Gasteiger charge is -1.99. The standard InChI is InChI=1S/C13H10N2O2/c16-7-11(17)13-12-9(5-6-14-13)8-3-1-2-4-10(8)15-12/h1-7,15-17H/b11-7-. The summed E-state index contributed by atoms with van der Waals surface area (Å²) in [5, 5.41) is 20.5. The Hall–Kier alpha value is -2.49. The van der Waals surface area contributed by atoms with Crippen LogP contribution < -0.4 is 0 Å². The molecule has 0 radical (unpaired) electrons. The highest BCUT2D eigenvalue weighted by Gasteiger charge is 2.11. The van der Waals surface area contributed by atoms with Crippen LogP contribution in [0.3, 0.4) is 0 Å². The molecule has 3 aromatic rings. The van der Waals surface area contributed by atoms with Crippen LogP contribution in [-0.2, 0) is 0 Å². The SMILES string of the molecule is O/C=C(\O)c1nccc2c1[nH]c1ccccc12. The highest BCUT2D eigenvalue weighted by Crippen LogP contribution is 2.28. The van der Waals surface area contributed by atoms with Gasteiger partial charge < -0.3 is 15.2 Å². The van der Waals surface area contributed by atoms with Crippen molar-refractivity contribution >= 4 is 27.6 Å². The summed E-state index contributed by atoms with van der Waals surface area (Å²) < 4.78 is 0. The summed E-state index contributed by atoms with van der Waals surface area (Å²) in [5.41, 5.74) is 2.04. The van der Waals surface area contributed by atoms with E-state index < -0.39 is 0 Å². The number of rotatable bonds is 1. The molecule has 0 aliphatic heterocycles. The zero-order chi connectivity index (χ0) is 11.8. The van der Waals surface area contributed by atoms with E-state index in [9.17, 15) is 5.11 Å². The maximum atomic E-state index is 9.58. The average molecular weight is 226 g/mol. The number of H-pyrrole nitrogens is 1. The van der Waals surface area contributed by atoms with E-state index in [0.717, 1.165) is 21.8 Å². The van der Waals surface area contributed by atoms with Gasteiger partial charge in [0, 0.05) is 22.5 Å². The van der Waals surface area contributed by atoms with E-state index in [-0.39, 0.29) is 5.76 Å². The second-order valence-corrected chi connectivity index (χ2v) is 3.77. The van der Waals surface area contributed by atoms with Gasteiger partial charge in [0.05, 0.1) is 5.52 Å². The van der Waals surface area contributed by atoms with Crippen molar-refractivity contribution in [3.05, 3.63) is 48.5 Å². The van der Waals surface area contributed by atoms with Crippen molar-refractivity contribution in [2.45, 2.75) is 0 Å². The largest absolute Gasteiger partial charge is 0.512 e. The highest BCUT2D eigenvalue weighted by atomic mass is 16.3. The summed E-state index contributed by atoms with van der Waals surface area (Å²) in [5.74, 6) is -0.248. The number of pyridine rings is 1. The normalized spacial score (nSPS) is 12.4. The number of aromatic amines is 1. The molecule has 0 aliphatic rings. The van der Waals surface area contributed by atoms with Crippen molar-refractivity contribution in [2.75, 3.05) is 0 Å². The van der Waals surface area contributed by atoms with E-state index >= 15 is 0 Å². The molecule has 4 heteroatoms. The van der Waals surface area contributed by atoms with Crippen molar-refractivity contribution in [2.24, 2.45) is 0 Å². The van der Waals surface area contributed by atoms with Gasteiger partial charge in [-0.05, 0) is 12.1 Å². The van der Waals surface area contributed by atoms with Crippen molar-refractivity contribution in [3.63, 3.8) is 0 Å². The molecule has 0 spiro atoms. The summed E-state index contributed by atoms with van der Waals surface area (Å²) in [6.07, 6.45) is 2.25. The molecular weight excluding hydrogens is 216 g/mol. The Bertz CT molecular complexity index is 728. The number of hydrogen-bond donors (Lipinski definition) is 3. The number of nitrogens with zero attached hydrogens (tertiary/aromatic N) is 1. The zero-order valence-corrected chi connectivity index (χ0v) is 8.88. The third-order valence-corrected chi connectivity index (χ3v) is 2.79. The van der Waals surface area contributed by atoms with Gasteiger partial charge in [0.1, 0.15) is 12.0 Å². The first-order valence-electron chi connectivity index (χ1n) is 5.20. The Morgan fingerprint density at radius 3 is 2.82 bits per heavy atom. The highest BCUT2D eigenvalue weighted by molar-refractivity contribution is 6.09. The molecule has 1 aromatic carbocycles. The van der Waals surface area contributed by atoms with Crippen LogP contribution in [0, 0.1) is 0 Å². The lowest BCUT2D eigenvalue weighted by atomic mass is 10.1. The van der Waals surface area contributed by atoms with Crippen LogP contribution in [0.4, 0.5) is 0 Å². The average Bonchev–Trinajstić information content (AvgIpc) is 2.76. The van der Waals surface area contributed by atoms with Crippen LogP contribution in [0.15, 0.2) is 42.8 Å². The van der Waals surface area contributed by atoms with Gasteiger partial charge >= 0.3 is 0 Å². The number of aromatic nitrogens is 2. The minimum atomic E-state index is -0.248. The topological polar surface area (TPSA) is 69.1 Å². The molecule has 4 nitrogen and oxygen atoms in total. The van der Waals surface area contributed by atoms with Gasteiger partial charge in [0.15, 0.2) is 5.76 Å². The number of benzene rings is 1. The van der Waals surface area contributed by atoms with Gasteiger partial charge in [0.25, 0.3) is 0 Å². The van der Waals surface area contributed by atoms with Crippen molar-refractivity contribution in [1.82, 2.24) is 9.97 Å². The molecule has 2 heterocycles. The first-order valence-corrected chi connectivity index (χ1v) is 5.20. The Balaban J connectivity index is 2.48. The van der Waals surface area contributed by atoms with Crippen LogP contribution >= 0.6 is 0 Å². The predicted molar refractivity (Wildman–Crippen MR) is 66.8 cm³/mol. The zero-order valence-electron chi connectivity index (χ0n) is 8.88. The molecule has 0 saturated carbocycles. The fourth-order valence-electron chi connectivity index (χ4n) is 2.03. The molecule has 3 rings (SSSR count). The van der Waals surface area contributed by atoms with Gasteiger partial charge in [-0.25, -0.2) is 0 Å². The molecule has 84 valence electrons. The maximum absolute atomic E-state index is 9.58. The fraction of sp³-hybridized carbons (Fsp3) is 0. The second kappa shape index (κ2) is 3.52. The number of para-hydroxylation sites is 1. The molecule has 17 heavy (non-hydrogen) atoms. The molecular formula is C13H10N2O2. The lowest BCUT2D eigenvalue weighted by molar-refractivity contribution is 0.430. The summed E-state index contributed by atoms with van der Waals surface area (Å²) in [4.78, 5) is 7.25. The van der Waals surface area contributed by atoms with E-state index in [4.69, 9.17) is 5.11 Å². The maximum Gasteiger partial charge on any atom is 0.178 e.